The molecule has 2 heterocycles. The summed E-state index contributed by atoms with van der Waals surface area (Å²) in [5, 5.41) is 19.8. The fraction of sp³-hybridized carbons (Fsp3) is 0.412. The van der Waals surface area contributed by atoms with E-state index in [1.54, 1.807) is 4.90 Å². The molecule has 130 valence electrons. The van der Waals surface area contributed by atoms with Gasteiger partial charge in [-0.15, -0.1) is 0 Å². The summed E-state index contributed by atoms with van der Waals surface area (Å²) in [6.45, 7) is 3.41. The second-order valence-corrected chi connectivity index (χ2v) is 5.54. The Morgan fingerprint density at radius 2 is 2.17 bits per heavy atom. The van der Waals surface area contributed by atoms with Gasteiger partial charge in [0.1, 0.15) is 18.4 Å². The number of carboxylic acids is 1. The highest BCUT2D eigenvalue weighted by atomic mass is 16.5. The maximum absolute atomic E-state index is 12.4. The van der Waals surface area contributed by atoms with Gasteiger partial charge in [-0.1, -0.05) is 18.2 Å². The third-order valence-electron chi connectivity index (χ3n) is 3.65. The molecule has 0 saturated carbocycles. The molecule has 1 unspecified atom stereocenters. The molecule has 3 rings (SSSR count). The van der Waals surface area contributed by atoms with E-state index in [1.165, 1.54) is 0 Å². The van der Waals surface area contributed by atoms with Crippen molar-refractivity contribution < 1.29 is 24.5 Å². The van der Waals surface area contributed by atoms with Crippen LogP contribution in [0.2, 0.25) is 0 Å². The van der Waals surface area contributed by atoms with Crippen molar-refractivity contribution in [2.45, 2.75) is 26.1 Å². The number of hydrogen-bond acceptors (Lipinski definition) is 5. The smallest absolute Gasteiger partial charge is 0.300 e. The van der Waals surface area contributed by atoms with Crippen molar-refractivity contribution in [3.63, 3.8) is 0 Å². The maximum Gasteiger partial charge on any atom is 0.300 e. The molecule has 7 nitrogen and oxygen atoms in total. The molecule has 0 bridgehead atoms. The first-order valence-electron chi connectivity index (χ1n) is 7.75. The molecule has 0 saturated heterocycles. The van der Waals surface area contributed by atoms with Crippen molar-refractivity contribution in [3.8, 4) is 5.75 Å². The van der Waals surface area contributed by atoms with E-state index in [-0.39, 0.29) is 18.6 Å². The van der Waals surface area contributed by atoms with Crippen molar-refractivity contribution in [3.05, 3.63) is 41.5 Å². The van der Waals surface area contributed by atoms with Gasteiger partial charge in [0, 0.05) is 25.6 Å². The van der Waals surface area contributed by atoms with Gasteiger partial charge < -0.3 is 19.8 Å². The van der Waals surface area contributed by atoms with Gasteiger partial charge >= 0.3 is 0 Å². The summed E-state index contributed by atoms with van der Waals surface area (Å²) in [6, 6.07) is 5.39. The van der Waals surface area contributed by atoms with Gasteiger partial charge in [-0.05, 0) is 17.7 Å². The molecule has 7 heteroatoms. The Morgan fingerprint density at radius 3 is 2.79 bits per heavy atom. The van der Waals surface area contributed by atoms with Crippen LogP contribution in [0.1, 0.15) is 18.1 Å². The fourth-order valence-corrected chi connectivity index (χ4v) is 2.57. The van der Waals surface area contributed by atoms with Crippen molar-refractivity contribution in [1.82, 2.24) is 10.2 Å². The van der Waals surface area contributed by atoms with Gasteiger partial charge in [0.25, 0.3) is 5.97 Å². The van der Waals surface area contributed by atoms with Gasteiger partial charge in [-0.25, -0.2) is 0 Å². The Morgan fingerprint density at radius 1 is 1.42 bits per heavy atom. The number of benzene rings is 1. The number of nitrogens with zero attached hydrogens (tertiary/aromatic N) is 1. The number of aliphatic hydroxyl groups is 1. The summed E-state index contributed by atoms with van der Waals surface area (Å²) >= 11 is 0. The molecular formula is C17H22N2O5. The van der Waals surface area contributed by atoms with E-state index in [0.29, 0.717) is 19.7 Å². The second-order valence-electron chi connectivity index (χ2n) is 5.54. The molecule has 0 aliphatic carbocycles. The van der Waals surface area contributed by atoms with Crippen LogP contribution < -0.4 is 10.1 Å². The first-order chi connectivity index (χ1) is 11.5. The van der Waals surface area contributed by atoms with Crippen LogP contribution in [0, 0.1) is 0 Å². The first kappa shape index (κ1) is 18.0. The Bertz CT molecular complexity index is 625. The van der Waals surface area contributed by atoms with Crippen LogP contribution in [0.5, 0.6) is 5.75 Å². The third kappa shape index (κ3) is 4.81. The molecule has 1 amide bonds. The zero-order chi connectivity index (χ0) is 17.5. The summed E-state index contributed by atoms with van der Waals surface area (Å²) in [4.78, 5) is 23.2. The Hall–Kier alpha value is -2.38. The quantitative estimate of drug-likeness (QED) is 0.682. The van der Waals surface area contributed by atoms with Crippen molar-refractivity contribution >= 4 is 11.9 Å². The topological polar surface area (TPSA) is 99.1 Å². The van der Waals surface area contributed by atoms with Gasteiger partial charge in [-0.3, -0.25) is 14.9 Å². The largest absolute Gasteiger partial charge is 0.491 e. The number of aliphatic hydroxyl groups excluding tert-OH is 1. The van der Waals surface area contributed by atoms with Gasteiger partial charge in [0.15, 0.2) is 0 Å². The monoisotopic (exact) mass is 334 g/mol. The number of hydrogen-bond donors (Lipinski definition) is 3. The Kier molecular flexibility index (Phi) is 6.34. The molecule has 2 aliphatic rings. The zero-order valence-corrected chi connectivity index (χ0v) is 13.6. The van der Waals surface area contributed by atoms with Crippen LogP contribution >= 0.6 is 0 Å². The predicted octanol–water partition coefficient (Wildman–Crippen LogP) is 0.519. The standard InChI is InChI=1S/C15H18N2O3.C2H4O2/c18-10-11-3-4-14-12(8-11)9-17(6-7-20-14)15(19)13-2-1-5-16-13;1-2(3)4/h1-4,8,13,16,18H,5-7,9-10H2;1H3,(H,3,4). The van der Waals surface area contributed by atoms with Crippen molar-refractivity contribution in [2.24, 2.45) is 0 Å². The van der Waals surface area contributed by atoms with Crippen LogP contribution in [-0.4, -0.2) is 52.7 Å². The number of ether oxygens (including phenoxy) is 1. The Balaban J connectivity index is 0.000000471. The van der Waals surface area contributed by atoms with Gasteiger partial charge in [0.05, 0.1) is 13.2 Å². The zero-order valence-electron chi connectivity index (χ0n) is 13.6. The molecule has 1 aromatic rings. The minimum atomic E-state index is -0.833. The SMILES string of the molecule is CC(=O)O.O=C(C1C=CCN1)N1CCOc2ccc(CO)cc2C1. The van der Waals surface area contributed by atoms with E-state index >= 15 is 0 Å². The molecule has 0 radical (unpaired) electrons. The lowest BCUT2D eigenvalue weighted by atomic mass is 10.1. The minimum absolute atomic E-state index is 0.00581. The van der Waals surface area contributed by atoms with E-state index in [2.05, 4.69) is 5.32 Å². The number of rotatable bonds is 2. The normalized spacial score (nSPS) is 18.8. The predicted molar refractivity (Wildman–Crippen MR) is 87.5 cm³/mol. The van der Waals surface area contributed by atoms with E-state index in [0.717, 1.165) is 30.3 Å². The third-order valence-corrected chi connectivity index (χ3v) is 3.65. The molecule has 0 aromatic heterocycles. The summed E-state index contributed by atoms with van der Waals surface area (Å²) in [6.07, 6.45) is 3.87. The highest BCUT2D eigenvalue weighted by Gasteiger charge is 2.26. The summed E-state index contributed by atoms with van der Waals surface area (Å²) in [5.41, 5.74) is 1.78. The number of nitrogens with one attached hydrogen (secondary N) is 1. The van der Waals surface area contributed by atoms with E-state index in [9.17, 15) is 9.90 Å². The van der Waals surface area contributed by atoms with Crippen molar-refractivity contribution in [1.29, 1.82) is 0 Å². The molecule has 24 heavy (non-hydrogen) atoms. The molecule has 1 atom stereocenters. The summed E-state index contributed by atoms with van der Waals surface area (Å²) in [7, 11) is 0. The molecule has 1 aromatic carbocycles. The molecule has 0 spiro atoms. The van der Waals surface area contributed by atoms with Gasteiger partial charge in [-0.2, -0.15) is 0 Å². The Labute approximate surface area is 140 Å². The van der Waals surface area contributed by atoms with Crippen LogP contribution in [0.25, 0.3) is 0 Å². The van der Waals surface area contributed by atoms with Crippen LogP contribution in [0.15, 0.2) is 30.4 Å². The lowest BCUT2D eigenvalue weighted by molar-refractivity contribution is -0.134. The fourth-order valence-electron chi connectivity index (χ4n) is 2.57. The highest BCUT2D eigenvalue weighted by Crippen LogP contribution is 2.25. The minimum Gasteiger partial charge on any atom is -0.491 e. The average Bonchev–Trinajstić information content (AvgIpc) is 3.00. The maximum atomic E-state index is 12.4. The number of carbonyl (C=O) groups is 2. The van der Waals surface area contributed by atoms with Gasteiger partial charge in [0.2, 0.25) is 5.91 Å². The molecule has 3 N–H and O–H groups in total. The molecule has 2 aliphatic heterocycles. The highest BCUT2D eigenvalue weighted by molar-refractivity contribution is 5.84. The van der Waals surface area contributed by atoms with Crippen molar-refractivity contribution in [2.75, 3.05) is 19.7 Å². The molecule has 0 fully saturated rings. The lowest BCUT2D eigenvalue weighted by Gasteiger charge is -2.23. The summed E-state index contributed by atoms with van der Waals surface area (Å²) < 4.78 is 5.68. The number of fused-ring (bicyclic) bond motifs is 1. The number of carbonyl (C=O) groups excluding carboxylic acids is 1. The second kappa shape index (κ2) is 8.47. The van der Waals surface area contributed by atoms with E-state index in [4.69, 9.17) is 14.6 Å². The number of amides is 1. The average molecular weight is 334 g/mol. The first-order valence-corrected chi connectivity index (χ1v) is 7.75. The molecular weight excluding hydrogens is 312 g/mol. The summed E-state index contributed by atoms with van der Waals surface area (Å²) in [5.74, 6) is 0.0389. The number of carboxylic acid groups (broad SMARTS) is 1. The van der Waals surface area contributed by atoms with Crippen LogP contribution in [0.4, 0.5) is 0 Å². The van der Waals surface area contributed by atoms with E-state index < -0.39 is 5.97 Å². The van der Waals surface area contributed by atoms with Crippen LogP contribution in [-0.2, 0) is 22.7 Å². The van der Waals surface area contributed by atoms with Crippen LogP contribution in [0.3, 0.4) is 0 Å². The van der Waals surface area contributed by atoms with E-state index in [1.807, 2.05) is 30.4 Å². The lowest BCUT2D eigenvalue weighted by Crippen LogP contribution is -2.44. The number of aliphatic carboxylic acids is 1.